The van der Waals surface area contributed by atoms with E-state index < -0.39 is 17.2 Å². The summed E-state index contributed by atoms with van der Waals surface area (Å²) in [4.78, 5) is 11.5. The topological polar surface area (TPSA) is 55.1 Å². The molecule has 0 bridgehead atoms. The Morgan fingerprint density at radius 2 is 2.06 bits per heavy atom. The van der Waals surface area contributed by atoms with Gasteiger partial charge in [-0.25, -0.2) is 8.78 Å². The van der Waals surface area contributed by atoms with Gasteiger partial charge in [0.15, 0.2) is 0 Å². The molecule has 0 aliphatic carbocycles. The van der Waals surface area contributed by atoms with E-state index in [-0.39, 0.29) is 24.4 Å². The number of carbonyl (C=O) groups is 1. The first-order chi connectivity index (χ1) is 8.28. The molecule has 3 nitrogen and oxygen atoms in total. The third kappa shape index (κ3) is 5.23. The first-order valence-corrected chi connectivity index (χ1v) is 5.77. The van der Waals surface area contributed by atoms with E-state index in [9.17, 15) is 13.6 Å². The molecule has 0 saturated carbocycles. The van der Waals surface area contributed by atoms with Gasteiger partial charge in [-0.1, -0.05) is 0 Å². The molecule has 5 heteroatoms. The van der Waals surface area contributed by atoms with Crippen molar-refractivity contribution < 1.29 is 13.6 Å². The van der Waals surface area contributed by atoms with Crippen molar-refractivity contribution in [3.63, 3.8) is 0 Å². The molecule has 1 amide bonds. The minimum Gasteiger partial charge on any atom is -0.352 e. The third-order valence-corrected chi connectivity index (χ3v) is 2.48. The van der Waals surface area contributed by atoms with Gasteiger partial charge in [0.05, 0.1) is 0 Å². The zero-order chi connectivity index (χ0) is 13.8. The Morgan fingerprint density at radius 1 is 1.39 bits per heavy atom. The van der Waals surface area contributed by atoms with Gasteiger partial charge in [0, 0.05) is 24.1 Å². The maximum atomic E-state index is 13.3. The highest BCUT2D eigenvalue weighted by Crippen LogP contribution is 2.10. The lowest BCUT2D eigenvalue weighted by Gasteiger charge is -2.17. The minimum atomic E-state index is -0.532. The maximum Gasteiger partial charge on any atom is 0.220 e. The van der Waals surface area contributed by atoms with Crippen LogP contribution in [0, 0.1) is 11.6 Å². The lowest BCUT2D eigenvalue weighted by molar-refractivity contribution is -0.121. The fourth-order valence-electron chi connectivity index (χ4n) is 1.40. The third-order valence-electron chi connectivity index (χ3n) is 2.48. The molecule has 0 heterocycles. The molecular weight excluding hydrogens is 238 g/mol. The van der Waals surface area contributed by atoms with E-state index in [1.807, 2.05) is 13.8 Å². The predicted octanol–water partition coefficient (Wildman–Crippen LogP) is 2.10. The quantitative estimate of drug-likeness (QED) is 0.847. The van der Waals surface area contributed by atoms with Crippen molar-refractivity contribution in [3.8, 4) is 0 Å². The molecule has 0 fully saturated rings. The van der Waals surface area contributed by atoms with Gasteiger partial charge in [0.2, 0.25) is 5.91 Å². The highest BCUT2D eigenvalue weighted by atomic mass is 19.1. The summed E-state index contributed by atoms with van der Waals surface area (Å²) in [5.74, 6) is -1.28. The van der Waals surface area contributed by atoms with Gasteiger partial charge in [-0.2, -0.15) is 0 Å². The molecule has 0 aromatic heterocycles. The van der Waals surface area contributed by atoms with Crippen molar-refractivity contribution in [1.82, 2.24) is 5.32 Å². The Hall–Kier alpha value is -1.49. The number of hydrogen-bond acceptors (Lipinski definition) is 2. The molecule has 0 saturated heterocycles. The van der Waals surface area contributed by atoms with Crippen molar-refractivity contribution in [2.24, 2.45) is 5.73 Å². The van der Waals surface area contributed by atoms with E-state index in [1.54, 1.807) is 0 Å². The second-order valence-electron chi connectivity index (χ2n) is 5.00. The van der Waals surface area contributed by atoms with Gasteiger partial charge in [0.1, 0.15) is 11.6 Å². The van der Waals surface area contributed by atoms with Crippen molar-refractivity contribution in [1.29, 1.82) is 0 Å². The van der Waals surface area contributed by atoms with E-state index in [2.05, 4.69) is 5.32 Å². The number of nitrogens with one attached hydrogen (secondary N) is 1. The number of carbonyl (C=O) groups excluding carboxylic acids is 1. The summed E-state index contributed by atoms with van der Waals surface area (Å²) in [5.41, 5.74) is 5.46. The Morgan fingerprint density at radius 3 is 2.67 bits per heavy atom. The second-order valence-corrected chi connectivity index (χ2v) is 5.00. The minimum absolute atomic E-state index is 0.0204. The van der Waals surface area contributed by atoms with Gasteiger partial charge in [0.25, 0.3) is 0 Å². The van der Waals surface area contributed by atoms with Crippen molar-refractivity contribution in [3.05, 3.63) is 35.4 Å². The molecule has 1 aromatic rings. The lowest BCUT2D eigenvalue weighted by Crippen LogP contribution is -2.34. The number of halogens is 2. The number of rotatable bonds is 5. The van der Waals surface area contributed by atoms with Crippen molar-refractivity contribution in [2.75, 3.05) is 0 Å². The van der Waals surface area contributed by atoms with E-state index in [0.29, 0.717) is 6.42 Å². The molecule has 0 unspecified atom stereocenters. The van der Waals surface area contributed by atoms with E-state index >= 15 is 0 Å². The molecule has 18 heavy (non-hydrogen) atoms. The summed E-state index contributed by atoms with van der Waals surface area (Å²) < 4.78 is 26.1. The molecule has 0 radical (unpaired) electrons. The van der Waals surface area contributed by atoms with Crippen LogP contribution in [0.1, 0.15) is 32.3 Å². The second kappa shape index (κ2) is 5.91. The van der Waals surface area contributed by atoms with Gasteiger partial charge < -0.3 is 11.1 Å². The zero-order valence-electron chi connectivity index (χ0n) is 10.6. The SMILES string of the molecule is CC(C)(N)CCC(=O)NCc1cc(F)ccc1F. The fourth-order valence-corrected chi connectivity index (χ4v) is 1.40. The van der Waals surface area contributed by atoms with E-state index in [0.717, 1.165) is 18.2 Å². The molecule has 0 atom stereocenters. The van der Waals surface area contributed by atoms with Gasteiger partial charge >= 0.3 is 0 Å². The van der Waals surface area contributed by atoms with E-state index in [4.69, 9.17) is 5.73 Å². The van der Waals surface area contributed by atoms with E-state index in [1.165, 1.54) is 0 Å². The highest BCUT2D eigenvalue weighted by Gasteiger charge is 2.13. The maximum absolute atomic E-state index is 13.3. The van der Waals surface area contributed by atoms with Crippen LogP contribution >= 0.6 is 0 Å². The highest BCUT2D eigenvalue weighted by molar-refractivity contribution is 5.75. The van der Waals surface area contributed by atoms with Crippen molar-refractivity contribution in [2.45, 2.75) is 38.8 Å². The van der Waals surface area contributed by atoms with Crippen LogP contribution < -0.4 is 11.1 Å². The van der Waals surface area contributed by atoms with Crippen LogP contribution in [-0.2, 0) is 11.3 Å². The Labute approximate surface area is 105 Å². The van der Waals surface area contributed by atoms with Crippen LogP contribution in [-0.4, -0.2) is 11.4 Å². The van der Waals surface area contributed by atoms with Crippen LogP contribution in [0.4, 0.5) is 8.78 Å². The lowest BCUT2D eigenvalue weighted by atomic mass is 10.00. The van der Waals surface area contributed by atoms with Gasteiger partial charge in [-0.3, -0.25) is 4.79 Å². The van der Waals surface area contributed by atoms with Crippen LogP contribution in [0.25, 0.3) is 0 Å². The fraction of sp³-hybridized carbons (Fsp3) is 0.462. The first-order valence-electron chi connectivity index (χ1n) is 5.77. The average Bonchev–Trinajstić information content (AvgIpc) is 2.26. The summed E-state index contributed by atoms with van der Waals surface area (Å²) in [6.07, 6.45) is 0.797. The van der Waals surface area contributed by atoms with Crippen LogP contribution in [0.2, 0.25) is 0 Å². The summed E-state index contributed by atoms with van der Waals surface area (Å²) in [5, 5.41) is 2.54. The monoisotopic (exact) mass is 256 g/mol. The zero-order valence-corrected chi connectivity index (χ0v) is 10.6. The van der Waals surface area contributed by atoms with Crippen LogP contribution in [0.15, 0.2) is 18.2 Å². The molecular formula is C13H18F2N2O. The molecule has 1 aromatic carbocycles. The molecule has 0 aliphatic rings. The Bertz CT molecular complexity index is 427. The summed E-state index contributed by atoms with van der Waals surface area (Å²) in [6, 6.07) is 3.15. The molecule has 0 aliphatic heterocycles. The number of hydrogen-bond donors (Lipinski definition) is 2. The van der Waals surface area contributed by atoms with Gasteiger partial charge in [-0.05, 0) is 38.5 Å². The molecule has 1 rings (SSSR count). The van der Waals surface area contributed by atoms with Crippen LogP contribution in [0.5, 0.6) is 0 Å². The standard InChI is InChI=1S/C13H18F2N2O/c1-13(2,16)6-5-12(18)17-8-9-7-10(14)3-4-11(9)15/h3-4,7H,5-6,8,16H2,1-2H3,(H,17,18). The van der Waals surface area contributed by atoms with Crippen molar-refractivity contribution >= 4 is 5.91 Å². The predicted molar refractivity (Wildman–Crippen MR) is 65.7 cm³/mol. The van der Waals surface area contributed by atoms with Gasteiger partial charge in [-0.15, -0.1) is 0 Å². The van der Waals surface area contributed by atoms with Crippen LogP contribution in [0.3, 0.4) is 0 Å². The number of amides is 1. The largest absolute Gasteiger partial charge is 0.352 e. The smallest absolute Gasteiger partial charge is 0.220 e. The number of nitrogens with two attached hydrogens (primary N) is 1. The summed E-state index contributed by atoms with van der Waals surface area (Å²) in [7, 11) is 0. The normalized spacial score (nSPS) is 11.4. The Kier molecular flexibility index (Phi) is 4.78. The molecule has 100 valence electrons. The molecule has 0 spiro atoms. The average molecular weight is 256 g/mol. The summed E-state index contributed by atoms with van der Waals surface area (Å²) >= 11 is 0. The number of benzene rings is 1. The molecule has 3 N–H and O–H groups in total. The summed E-state index contributed by atoms with van der Waals surface area (Å²) in [6.45, 7) is 3.63. The first kappa shape index (κ1) is 14.6. The Balaban J connectivity index is 2.45.